The summed E-state index contributed by atoms with van der Waals surface area (Å²) in [6.45, 7) is 20.7. The Morgan fingerprint density at radius 1 is 0.780 bits per heavy atom. The van der Waals surface area contributed by atoms with Gasteiger partial charge in [0.1, 0.15) is 0 Å². The highest BCUT2D eigenvalue weighted by Crippen LogP contribution is 2.48. The van der Waals surface area contributed by atoms with Crippen LogP contribution in [0, 0.1) is 33.5 Å². The molecule has 8 nitrogen and oxygen atoms in total. The molecule has 0 bridgehead atoms. The van der Waals surface area contributed by atoms with Crippen LogP contribution in [0.25, 0.3) is 0 Å². The van der Waals surface area contributed by atoms with E-state index in [4.69, 9.17) is 18.9 Å². The normalized spacial score (nSPS) is 26.6. The number of allylic oxidation sites excluding steroid dienone is 2. The number of esters is 4. The summed E-state index contributed by atoms with van der Waals surface area (Å²) < 4.78 is 23.2. The van der Waals surface area contributed by atoms with Gasteiger partial charge in [-0.2, -0.15) is 0 Å². The first kappa shape index (κ1) is 43.5. The fourth-order valence-corrected chi connectivity index (χ4v) is 8.23. The molecule has 0 aromatic rings. The van der Waals surface area contributed by atoms with Gasteiger partial charge >= 0.3 is 23.9 Å². The molecule has 2 saturated heterocycles. The topological polar surface area (TPSA) is 105 Å². The molecule has 2 fully saturated rings. The van der Waals surface area contributed by atoms with Crippen LogP contribution in [0.3, 0.4) is 0 Å². The summed E-state index contributed by atoms with van der Waals surface area (Å²) >= 11 is 0. The van der Waals surface area contributed by atoms with Crippen LogP contribution in [0.1, 0.15) is 157 Å². The minimum atomic E-state index is -0.976. The highest BCUT2D eigenvalue weighted by atomic mass is 16.5. The molecule has 0 spiro atoms. The van der Waals surface area contributed by atoms with E-state index < -0.39 is 21.7 Å². The zero-order valence-corrected chi connectivity index (χ0v) is 32.5. The number of hydrogen-bond acceptors (Lipinski definition) is 8. The zero-order chi connectivity index (χ0) is 37.3. The van der Waals surface area contributed by atoms with Gasteiger partial charge in [-0.3, -0.25) is 19.2 Å². The summed E-state index contributed by atoms with van der Waals surface area (Å²) in [5.41, 5.74) is -3.29. The van der Waals surface area contributed by atoms with Gasteiger partial charge in [0.2, 0.25) is 0 Å². The molecule has 0 N–H and O–H groups in total. The highest BCUT2D eigenvalue weighted by Gasteiger charge is 2.48. The molecule has 8 heteroatoms. The quantitative estimate of drug-likeness (QED) is 0.0567. The fourth-order valence-electron chi connectivity index (χ4n) is 8.23. The summed E-state index contributed by atoms with van der Waals surface area (Å²) in [5.74, 6) is -0.798. The molecule has 2 heterocycles. The van der Waals surface area contributed by atoms with Gasteiger partial charge in [-0.05, 0) is 149 Å². The van der Waals surface area contributed by atoms with E-state index in [1.165, 1.54) is 0 Å². The summed E-state index contributed by atoms with van der Waals surface area (Å²) in [5, 5.41) is 0. The van der Waals surface area contributed by atoms with Gasteiger partial charge in [0, 0.05) is 0 Å². The number of carbonyl (C=O) groups excluding carboxylic acids is 4. The molecule has 2 rings (SSSR count). The van der Waals surface area contributed by atoms with E-state index in [2.05, 4.69) is 13.2 Å². The van der Waals surface area contributed by atoms with E-state index in [0.717, 1.165) is 77.0 Å². The minimum absolute atomic E-state index is 0.0218. The lowest BCUT2D eigenvalue weighted by molar-refractivity contribution is -0.164. The van der Waals surface area contributed by atoms with E-state index in [1.807, 2.05) is 53.7 Å². The van der Waals surface area contributed by atoms with Crippen molar-refractivity contribution in [2.45, 2.75) is 157 Å². The van der Waals surface area contributed by atoms with Crippen LogP contribution in [-0.2, 0) is 38.1 Å². The maximum atomic E-state index is 14.1. The predicted octanol–water partition coefficient (Wildman–Crippen LogP) is 9.88. The summed E-state index contributed by atoms with van der Waals surface area (Å²) in [7, 11) is 0. The molecule has 5 unspecified atom stereocenters. The van der Waals surface area contributed by atoms with Gasteiger partial charge in [0.25, 0.3) is 0 Å². The summed E-state index contributed by atoms with van der Waals surface area (Å²) in [4.78, 5) is 54.5. The molecule has 0 radical (unpaired) electrons. The Hall–Kier alpha value is -2.64. The van der Waals surface area contributed by atoms with Crippen molar-refractivity contribution in [3.8, 4) is 0 Å². The van der Waals surface area contributed by atoms with E-state index in [-0.39, 0.29) is 42.1 Å². The molecule has 0 aromatic carbocycles. The first-order valence-electron chi connectivity index (χ1n) is 19.6. The number of carbonyl (C=O) groups is 4. The van der Waals surface area contributed by atoms with E-state index in [0.29, 0.717) is 58.5 Å². The highest BCUT2D eigenvalue weighted by molar-refractivity contribution is 5.80. The van der Waals surface area contributed by atoms with Crippen molar-refractivity contribution >= 4 is 23.9 Å². The molecule has 2 aliphatic rings. The Morgan fingerprint density at radius 3 is 1.82 bits per heavy atom. The first-order chi connectivity index (χ1) is 23.6. The van der Waals surface area contributed by atoms with Gasteiger partial charge in [-0.1, -0.05) is 31.9 Å². The third-order valence-corrected chi connectivity index (χ3v) is 11.2. The standard InChI is InChI=1S/C42H70O8/c1-9-12-14-18-24-47-35(43)39(4,5)32-42(8,38(46)50-25-19-15-13-10-2)31-34-23-17-21-27-49-37(45)41(7,30-34)29-33-22-16-20-26-48-36(44)40(6,11-3)28-33/h9-10,33-34H,1-2,11-32H2,3-8H3. The minimum Gasteiger partial charge on any atom is -0.465 e. The van der Waals surface area contributed by atoms with Crippen molar-refractivity contribution in [3.63, 3.8) is 0 Å². The number of rotatable bonds is 19. The lowest BCUT2D eigenvalue weighted by atomic mass is 9.64. The largest absolute Gasteiger partial charge is 0.465 e. The lowest BCUT2D eigenvalue weighted by Crippen LogP contribution is -2.42. The van der Waals surface area contributed by atoms with Gasteiger partial charge in [0.05, 0.1) is 48.1 Å². The van der Waals surface area contributed by atoms with Crippen LogP contribution in [0.4, 0.5) is 0 Å². The van der Waals surface area contributed by atoms with Crippen LogP contribution in [0.15, 0.2) is 25.3 Å². The van der Waals surface area contributed by atoms with Crippen LogP contribution in [0.2, 0.25) is 0 Å². The van der Waals surface area contributed by atoms with Gasteiger partial charge in [0.15, 0.2) is 0 Å². The zero-order valence-electron chi connectivity index (χ0n) is 32.5. The second-order valence-corrected chi connectivity index (χ2v) is 16.7. The van der Waals surface area contributed by atoms with E-state index in [1.54, 1.807) is 0 Å². The Labute approximate surface area is 303 Å². The third-order valence-electron chi connectivity index (χ3n) is 11.2. The lowest BCUT2D eigenvalue weighted by Gasteiger charge is -2.40. The smallest absolute Gasteiger partial charge is 0.311 e. The number of unbranched alkanes of at least 4 members (excludes halogenated alkanes) is 4. The average molecular weight is 703 g/mol. The SMILES string of the molecule is C=CCCCCOC(=O)C(C)(C)CC(C)(CC1CCCCOC(=O)C(C)(CC2CCCCOC(=O)C(C)(CC)C2)C1)C(=O)OCCCCC=C. The average Bonchev–Trinajstić information content (AvgIpc) is 3.16. The molecule has 5 atom stereocenters. The Kier molecular flexibility index (Phi) is 18.3. The van der Waals surface area contributed by atoms with E-state index >= 15 is 0 Å². The molecule has 0 aromatic heterocycles. The van der Waals surface area contributed by atoms with Crippen LogP contribution >= 0.6 is 0 Å². The Morgan fingerprint density at radius 2 is 1.28 bits per heavy atom. The number of ether oxygens (including phenoxy) is 4. The molecule has 286 valence electrons. The monoisotopic (exact) mass is 703 g/mol. The maximum Gasteiger partial charge on any atom is 0.311 e. The Bertz CT molecular complexity index is 1110. The summed E-state index contributed by atoms with van der Waals surface area (Å²) in [6, 6.07) is 0. The second-order valence-electron chi connectivity index (χ2n) is 16.7. The van der Waals surface area contributed by atoms with Gasteiger partial charge in [-0.25, -0.2) is 0 Å². The Balaban J connectivity index is 2.38. The molecule has 50 heavy (non-hydrogen) atoms. The van der Waals surface area contributed by atoms with Crippen molar-refractivity contribution < 1.29 is 38.1 Å². The molecular formula is C42H70O8. The predicted molar refractivity (Wildman–Crippen MR) is 198 cm³/mol. The number of cyclic esters (lactones) is 2. The molecule has 0 aliphatic carbocycles. The van der Waals surface area contributed by atoms with Crippen LogP contribution in [0.5, 0.6) is 0 Å². The molecular weight excluding hydrogens is 632 g/mol. The van der Waals surface area contributed by atoms with Crippen molar-refractivity contribution in [3.05, 3.63) is 25.3 Å². The van der Waals surface area contributed by atoms with Crippen molar-refractivity contribution in [2.24, 2.45) is 33.5 Å². The van der Waals surface area contributed by atoms with Crippen molar-refractivity contribution in [2.75, 3.05) is 26.4 Å². The second kappa shape index (κ2) is 21.0. The fraction of sp³-hybridized carbons (Fsp3) is 0.810. The first-order valence-corrected chi connectivity index (χ1v) is 19.6. The molecule has 2 aliphatic heterocycles. The van der Waals surface area contributed by atoms with Crippen LogP contribution in [-0.4, -0.2) is 50.3 Å². The van der Waals surface area contributed by atoms with Crippen LogP contribution < -0.4 is 0 Å². The third kappa shape index (κ3) is 13.8. The maximum absolute atomic E-state index is 14.1. The summed E-state index contributed by atoms with van der Waals surface area (Å²) in [6.07, 6.45) is 17.1. The molecule has 0 amide bonds. The van der Waals surface area contributed by atoms with Crippen molar-refractivity contribution in [1.82, 2.24) is 0 Å². The van der Waals surface area contributed by atoms with Crippen molar-refractivity contribution in [1.29, 1.82) is 0 Å². The number of hydrogen-bond donors (Lipinski definition) is 0. The van der Waals surface area contributed by atoms with E-state index in [9.17, 15) is 19.2 Å². The molecule has 0 saturated carbocycles. The van der Waals surface area contributed by atoms with Gasteiger partial charge in [-0.15, -0.1) is 13.2 Å². The van der Waals surface area contributed by atoms with Gasteiger partial charge < -0.3 is 18.9 Å².